The zero-order chi connectivity index (χ0) is 9.23. The molecule has 2 unspecified atom stereocenters. The summed E-state index contributed by atoms with van der Waals surface area (Å²) in [6.07, 6.45) is 0. The molecule has 2 heteroatoms. The van der Waals surface area contributed by atoms with Crippen LogP contribution < -0.4 is 0 Å². The molecule has 0 heterocycles. The summed E-state index contributed by atoms with van der Waals surface area (Å²) in [5.74, 6) is -0.748. The van der Waals surface area contributed by atoms with Gasteiger partial charge in [0.05, 0.1) is 5.92 Å². The van der Waals surface area contributed by atoms with Crippen molar-refractivity contribution < 1.29 is 9.90 Å². The third-order valence-corrected chi connectivity index (χ3v) is 2.51. The average molecular weight is 158 g/mol. The molecule has 0 aliphatic heterocycles. The third-order valence-electron chi connectivity index (χ3n) is 2.51. The quantitative estimate of drug-likeness (QED) is 0.670. The Balaban J connectivity index is 4.25. The van der Waals surface area contributed by atoms with Crippen molar-refractivity contribution in [3.63, 3.8) is 0 Å². The molecule has 0 radical (unpaired) electrons. The van der Waals surface area contributed by atoms with E-state index in [-0.39, 0.29) is 17.3 Å². The number of carboxylic acids is 1. The summed E-state index contributed by atoms with van der Waals surface area (Å²) >= 11 is 0. The molecular weight excluding hydrogens is 140 g/mol. The fourth-order valence-electron chi connectivity index (χ4n) is 0.964. The Labute approximate surface area is 68.6 Å². The van der Waals surface area contributed by atoms with E-state index in [1.807, 2.05) is 6.92 Å². The van der Waals surface area contributed by atoms with Crippen molar-refractivity contribution >= 4 is 5.97 Å². The van der Waals surface area contributed by atoms with Gasteiger partial charge in [0.2, 0.25) is 0 Å². The molecule has 0 spiro atoms. The van der Waals surface area contributed by atoms with E-state index in [0.717, 1.165) is 0 Å². The number of carbonyl (C=O) groups is 1. The van der Waals surface area contributed by atoms with E-state index in [9.17, 15) is 4.79 Å². The fraction of sp³-hybridized carbons (Fsp3) is 0.889. The molecule has 0 aromatic heterocycles. The molecule has 0 bridgehead atoms. The second-order valence-electron chi connectivity index (χ2n) is 4.28. The van der Waals surface area contributed by atoms with Gasteiger partial charge < -0.3 is 5.11 Å². The smallest absolute Gasteiger partial charge is 0.306 e. The van der Waals surface area contributed by atoms with Gasteiger partial charge in [0, 0.05) is 0 Å². The van der Waals surface area contributed by atoms with Gasteiger partial charge in [0.1, 0.15) is 0 Å². The van der Waals surface area contributed by atoms with Gasteiger partial charge in [0.25, 0.3) is 0 Å². The summed E-state index contributed by atoms with van der Waals surface area (Å²) in [6.45, 7) is 9.95. The third kappa shape index (κ3) is 2.91. The van der Waals surface area contributed by atoms with E-state index in [4.69, 9.17) is 5.11 Å². The molecule has 1 N–H and O–H groups in total. The second kappa shape index (κ2) is 3.24. The number of hydrogen-bond donors (Lipinski definition) is 1. The maximum Gasteiger partial charge on any atom is 0.306 e. The SMILES string of the molecule is CC(C(=O)O)C(C)C(C)(C)C. The minimum Gasteiger partial charge on any atom is -0.481 e. The number of hydrogen-bond acceptors (Lipinski definition) is 1. The number of rotatable bonds is 2. The number of aliphatic carboxylic acids is 1. The molecule has 0 aromatic carbocycles. The summed E-state index contributed by atoms with van der Waals surface area (Å²) < 4.78 is 0. The van der Waals surface area contributed by atoms with Gasteiger partial charge in [-0.2, -0.15) is 0 Å². The van der Waals surface area contributed by atoms with Crippen LogP contribution in [-0.2, 0) is 4.79 Å². The predicted octanol–water partition coefficient (Wildman–Crippen LogP) is 2.39. The van der Waals surface area contributed by atoms with Gasteiger partial charge in [-0.3, -0.25) is 4.79 Å². The minimum absolute atomic E-state index is 0.0812. The highest BCUT2D eigenvalue weighted by molar-refractivity contribution is 5.69. The van der Waals surface area contributed by atoms with Gasteiger partial charge in [-0.25, -0.2) is 0 Å². The Kier molecular flexibility index (Phi) is 3.09. The van der Waals surface area contributed by atoms with Crippen molar-refractivity contribution in [2.45, 2.75) is 34.6 Å². The molecule has 0 saturated carbocycles. The lowest BCUT2D eigenvalue weighted by molar-refractivity contribution is -0.144. The first-order chi connectivity index (χ1) is 4.76. The van der Waals surface area contributed by atoms with E-state index in [1.165, 1.54) is 0 Å². The summed E-state index contributed by atoms with van der Waals surface area (Å²) in [5, 5.41) is 8.72. The standard InChI is InChI=1S/C9H18O2/c1-6(8(10)11)7(2)9(3,4)5/h6-7H,1-5H3,(H,10,11). The van der Waals surface area contributed by atoms with Crippen molar-refractivity contribution in [3.05, 3.63) is 0 Å². The maximum absolute atomic E-state index is 10.6. The lowest BCUT2D eigenvalue weighted by Crippen LogP contribution is -2.28. The molecule has 11 heavy (non-hydrogen) atoms. The Bertz CT molecular complexity index is 144. The monoisotopic (exact) mass is 158 g/mol. The van der Waals surface area contributed by atoms with Crippen LogP contribution >= 0.6 is 0 Å². The maximum atomic E-state index is 10.6. The van der Waals surface area contributed by atoms with Crippen LogP contribution in [-0.4, -0.2) is 11.1 Å². The van der Waals surface area contributed by atoms with Crippen LogP contribution in [0.2, 0.25) is 0 Å². The zero-order valence-electron chi connectivity index (χ0n) is 8.01. The van der Waals surface area contributed by atoms with E-state index >= 15 is 0 Å². The van der Waals surface area contributed by atoms with Gasteiger partial charge in [0.15, 0.2) is 0 Å². The van der Waals surface area contributed by atoms with Crippen LogP contribution in [0, 0.1) is 17.3 Å². The highest BCUT2D eigenvalue weighted by Gasteiger charge is 2.29. The highest BCUT2D eigenvalue weighted by Crippen LogP contribution is 2.31. The summed E-state index contributed by atoms with van der Waals surface area (Å²) in [6, 6.07) is 0. The van der Waals surface area contributed by atoms with Gasteiger partial charge in [-0.05, 0) is 11.3 Å². The Morgan fingerprint density at radius 3 is 1.73 bits per heavy atom. The van der Waals surface area contributed by atoms with Crippen molar-refractivity contribution in [1.82, 2.24) is 0 Å². The fourth-order valence-corrected chi connectivity index (χ4v) is 0.964. The average Bonchev–Trinajstić information content (AvgIpc) is 1.82. The zero-order valence-corrected chi connectivity index (χ0v) is 8.01. The molecule has 0 rings (SSSR count). The van der Waals surface area contributed by atoms with Gasteiger partial charge in [-0.15, -0.1) is 0 Å². The first-order valence-electron chi connectivity index (χ1n) is 3.99. The summed E-state index contributed by atoms with van der Waals surface area (Å²) in [7, 11) is 0. The van der Waals surface area contributed by atoms with Gasteiger partial charge >= 0.3 is 5.97 Å². The van der Waals surface area contributed by atoms with E-state index in [1.54, 1.807) is 6.92 Å². The van der Waals surface area contributed by atoms with Crippen molar-refractivity contribution in [2.75, 3.05) is 0 Å². The van der Waals surface area contributed by atoms with Gasteiger partial charge in [-0.1, -0.05) is 34.6 Å². The summed E-state index contributed by atoms with van der Waals surface area (Å²) in [4.78, 5) is 10.6. The van der Waals surface area contributed by atoms with E-state index < -0.39 is 5.97 Å². The molecule has 0 aliphatic carbocycles. The van der Waals surface area contributed by atoms with Crippen LogP contribution in [0.1, 0.15) is 34.6 Å². The molecule has 0 aromatic rings. The minimum atomic E-state index is -0.701. The Morgan fingerprint density at radius 1 is 1.27 bits per heavy atom. The molecular formula is C9H18O2. The van der Waals surface area contributed by atoms with Crippen LogP contribution in [0.25, 0.3) is 0 Å². The van der Waals surface area contributed by atoms with Crippen LogP contribution in [0.4, 0.5) is 0 Å². The number of carboxylic acid groups (broad SMARTS) is 1. The first kappa shape index (κ1) is 10.5. The lowest BCUT2D eigenvalue weighted by Gasteiger charge is -2.30. The van der Waals surface area contributed by atoms with Crippen molar-refractivity contribution in [3.8, 4) is 0 Å². The summed E-state index contributed by atoms with van der Waals surface area (Å²) in [5.41, 5.74) is 0.0812. The predicted molar refractivity (Wildman–Crippen MR) is 45.4 cm³/mol. The van der Waals surface area contributed by atoms with E-state index in [0.29, 0.717) is 0 Å². The van der Waals surface area contributed by atoms with Crippen molar-refractivity contribution in [1.29, 1.82) is 0 Å². The highest BCUT2D eigenvalue weighted by atomic mass is 16.4. The molecule has 0 fully saturated rings. The lowest BCUT2D eigenvalue weighted by atomic mass is 9.75. The molecule has 66 valence electrons. The van der Waals surface area contributed by atoms with E-state index in [2.05, 4.69) is 20.8 Å². The van der Waals surface area contributed by atoms with Crippen LogP contribution in [0.15, 0.2) is 0 Å². The molecule has 0 aliphatic rings. The second-order valence-corrected chi connectivity index (χ2v) is 4.28. The van der Waals surface area contributed by atoms with Crippen LogP contribution in [0.3, 0.4) is 0 Å². The molecule has 0 saturated heterocycles. The largest absolute Gasteiger partial charge is 0.481 e. The van der Waals surface area contributed by atoms with Crippen LogP contribution in [0.5, 0.6) is 0 Å². The molecule has 0 amide bonds. The Hall–Kier alpha value is -0.530. The Morgan fingerprint density at radius 2 is 1.64 bits per heavy atom. The molecule has 2 nitrogen and oxygen atoms in total. The first-order valence-corrected chi connectivity index (χ1v) is 3.99. The molecule has 2 atom stereocenters. The normalized spacial score (nSPS) is 17.5. The topological polar surface area (TPSA) is 37.3 Å². The van der Waals surface area contributed by atoms with Crippen molar-refractivity contribution in [2.24, 2.45) is 17.3 Å².